The van der Waals surface area contributed by atoms with Crippen LogP contribution in [0.3, 0.4) is 0 Å². The van der Waals surface area contributed by atoms with Crippen LogP contribution in [0.1, 0.15) is 32.1 Å². The van der Waals surface area contributed by atoms with Crippen LogP contribution in [0.15, 0.2) is 0 Å². The number of hydrogen-bond donors (Lipinski definition) is 2. The number of carboxylic acid groups (broad SMARTS) is 1. The van der Waals surface area contributed by atoms with E-state index in [1.807, 2.05) is 0 Å². The van der Waals surface area contributed by atoms with Crippen molar-refractivity contribution in [3.8, 4) is 0 Å². The Morgan fingerprint density at radius 2 is 1.81 bits per heavy atom. The summed E-state index contributed by atoms with van der Waals surface area (Å²) in [6.07, 6.45) is -3.95. The molecule has 1 heterocycles. The standard InChI is InChI=1S/C13H18F3NO4/c14-13(15,16)9-3-1-8(2-4-9)10(18)17-12(11(19)20)5-6-21-7-12/h8-9H,1-7H2,(H,17,18)(H,19,20). The van der Waals surface area contributed by atoms with Crippen molar-refractivity contribution in [2.45, 2.75) is 43.8 Å². The maximum absolute atomic E-state index is 12.6. The van der Waals surface area contributed by atoms with Crippen molar-refractivity contribution in [2.24, 2.45) is 11.8 Å². The summed E-state index contributed by atoms with van der Waals surface area (Å²) in [6, 6.07) is 0. The van der Waals surface area contributed by atoms with E-state index in [2.05, 4.69) is 5.32 Å². The van der Waals surface area contributed by atoms with E-state index in [1.54, 1.807) is 0 Å². The first-order valence-electron chi connectivity index (χ1n) is 6.94. The van der Waals surface area contributed by atoms with Gasteiger partial charge in [0.05, 0.1) is 12.5 Å². The highest BCUT2D eigenvalue weighted by Crippen LogP contribution is 2.39. The molecule has 2 N–H and O–H groups in total. The predicted molar refractivity (Wildman–Crippen MR) is 65.4 cm³/mol. The van der Waals surface area contributed by atoms with Crippen molar-refractivity contribution in [1.82, 2.24) is 5.32 Å². The van der Waals surface area contributed by atoms with Crippen LogP contribution in [0.4, 0.5) is 13.2 Å². The molecule has 1 amide bonds. The van der Waals surface area contributed by atoms with Gasteiger partial charge in [0.15, 0.2) is 5.54 Å². The second-order valence-corrected chi connectivity index (χ2v) is 5.77. The van der Waals surface area contributed by atoms with Crippen molar-refractivity contribution in [2.75, 3.05) is 13.2 Å². The van der Waals surface area contributed by atoms with Crippen LogP contribution in [-0.2, 0) is 14.3 Å². The second kappa shape index (κ2) is 5.82. The molecule has 1 unspecified atom stereocenters. The first-order chi connectivity index (χ1) is 9.74. The summed E-state index contributed by atoms with van der Waals surface area (Å²) < 4.78 is 42.7. The number of halogens is 3. The lowest BCUT2D eigenvalue weighted by atomic mass is 9.80. The molecule has 21 heavy (non-hydrogen) atoms. The van der Waals surface area contributed by atoms with Crippen molar-refractivity contribution >= 4 is 11.9 Å². The van der Waals surface area contributed by atoms with Gasteiger partial charge in [-0.05, 0) is 25.7 Å². The van der Waals surface area contributed by atoms with Gasteiger partial charge < -0.3 is 15.2 Å². The van der Waals surface area contributed by atoms with Gasteiger partial charge in [-0.25, -0.2) is 4.79 Å². The molecular formula is C13H18F3NO4. The Balaban J connectivity index is 1.92. The number of carboxylic acids is 1. The Bertz CT molecular complexity index is 410. The highest BCUT2D eigenvalue weighted by molar-refractivity contribution is 5.88. The Kier molecular flexibility index (Phi) is 4.46. The molecule has 1 aliphatic carbocycles. The Morgan fingerprint density at radius 1 is 1.19 bits per heavy atom. The molecule has 2 rings (SSSR count). The summed E-state index contributed by atoms with van der Waals surface area (Å²) in [6.45, 7) is 0.138. The highest BCUT2D eigenvalue weighted by Gasteiger charge is 2.46. The largest absolute Gasteiger partial charge is 0.479 e. The quantitative estimate of drug-likeness (QED) is 0.832. The molecule has 1 atom stereocenters. The molecule has 2 aliphatic rings. The number of aliphatic carboxylic acids is 1. The Morgan fingerprint density at radius 3 is 2.24 bits per heavy atom. The molecule has 0 bridgehead atoms. The minimum absolute atomic E-state index is 0.0852. The van der Waals surface area contributed by atoms with Gasteiger partial charge in [-0.1, -0.05) is 0 Å². The maximum atomic E-state index is 12.6. The molecule has 0 aromatic heterocycles. The molecule has 1 saturated heterocycles. The number of rotatable bonds is 3. The summed E-state index contributed by atoms with van der Waals surface area (Å²) in [7, 11) is 0. The van der Waals surface area contributed by atoms with Crippen molar-refractivity contribution < 1.29 is 32.6 Å². The molecule has 120 valence electrons. The number of hydrogen-bond acceptors (Lipinski definition) is 3. The molecule has 0 radical (unpaired) electrons. The van der Waals surface area contributed by atoms with Gasteiger partial charge in [0.2, 0.25) is 5.91 Å². The molecule has 1 saturated carbocycles. The molecule has 1 aliphatic heterocycles. The molecule has 2 fully saturated rings. The third-order valence-corrected chi connectivity index (χ3v) is 4.35. The normalized spacial score (nSPS) is 33.7. The van der Waals surface area contributed by atoms with Crippen molar-refractivity contribution in [3.05, 3.63) is 0 Å². The average molecular weight is 309 g/mol. The Hall–Kier alpha value is -1.31. The zero-order valence-corrected chi connectivity index (χ0v) is 11.4. The third-order valence-electron chi connectivity index (χ3n) is 4.35. The average Bonchev–Trinajstić information content (AvgIpc) is 2.88. The smallest absolute Gasteiger partial charge is 0.391 e. The topological polar surface area (TPSA) is 75.6 Å². The third kappa shape index (κ3) is 3.48. The molecule has 0 aromatic carbocycles. The van der Waals surface area contributed by atoms with Gasteiger partial charge >= 0.3 is 12.1 Å². The van der Waals surface area contributed by atoms with E-state index in [0.29, 0.717) is 0 Å². The number of carbonyl (C=O) groups is 2. The SMILES string of the molecule is O=C(NC1(C(=O)O)CCOC1)C1CCC(C(F)(F)F)CC1. The van der Waals surface area contributed by atoms with Gasteiger partial charge in [-0.3, -0.25) is 4.79 Å². The summed E-state index contributed by atoms with van der Waals surface area (Å²) in [4.78, 5) is 23.4. The fraction of sp³-hybridized carbons (Fsp3) is 0.846. The number of amides is 1. The lowest BCUT2D eigenvalue weighted by Gasteiger charge is -2.31. The van der Waals surface area contributed by atoms with Crippen molar-refractivity contribution in [3.63, 3.8) is 0 Å². The van der Waals surface area contributed by atoms with Crippen LogP contribution in [-0.4, -0.2) is 41.9 Å². The predicted octanol–water partition coefficient (Wildman–Crippen LogP) is 1.71. The molecule has 8 heteroatoms. The van der Waals surface area contributed by atoms with E-state index in [-0.39, 0.29) is 45.3 Å². The zero-order valence-electron chi connectivity index (χ0n) is 11.4. The van der Waals surface area contributed by atoms with E-state index in [0.717, 1.165) is 0 Å². The number of alkyl halides is 3. The summed E-state index contributed by atoms with van der Waals surface area (Å²) in [5.74, 6) is -3.56. The van der Waals surface area contributed by atoms with Gasteiger partial charge in [-0.2, -0.15) is 13.2 Å². The maximum Gasteiger partial charge on any atom is 0.391 e. The molecule has 0 spiro atoms. The van der Waals surface area contributed by atoms with Gasteiger partial charge in [-0.15, -0.1) is 0 Å². The first kappa shape index (κ1) is 16.1. The zero-order chi connectivity index (χ0) is 15.7. The fourth-order valence-corrected chi connectivity index (χ4v) is 2.91. The monoisotopic (exact) mass is 309 g/mol. The first-order valence-corrected chi connectivity index (χ1v) is 6.94. The van der Waals surface area contributed by atoms with E-state index >= 15 is 0 Å². The number of ether oxygens (including phenoxy) is 1. The van der Waals surface area contributed by atoms with E-state index in [9.17, 15) is 27.9 Å². The summed E-state index contributed by atoms with van der Waals surface area (Å²) in [5, 5.41) is 11.7. The Labute approximate surface area is 119 Å². The fourth-order valence-electron chi connectivity index (χ4n) is 2.91. The van der Waals surface area contributed by atoms with E-state index in [4.69, 9.17) is 4.74 Å². The number of carbonyl (C=O) groups excluding carboxylic acids is 1. The minimum atomic E-state index is -4.22. The summed E-state index contributed by atoms with van der Waals surface area (Å²) >= 11 is 0. The lowest BCUT2D eigenvalue weighted by molar-refractivity contribution is -0.184. The molecule has 5 nitrogen and oxygen atoms in total. The van der Waals surface area contributed by atoms with Gasteiger partial charge in [0, 0.05) is 18.9 Å². The second-order valence-electron chi connectivity index (χ2n) is 5.77. The summed E-state index contributed by atoms with van der Waals surface area (Å²) in [5.41, 5.74) is -1.43. The van der Waals surface area contributed by atoms with Crippen LogP contribution >= 0.6 is 0 Å². The van der Waals surface area contributed by atoms with E-state index < -0.39 is 35.4 Å². The number of nitrogens with one attached hydrogen (secondary N) is 1. The van der Waals surface area contributed by atoms with Gasteiger partial charge in [0.25, 0.3) is 0 Å². The van der Waals surface area contributed by atoms with Crippen LogP contribution in [0.2, 0.25) is 0 Å². The lowest BCUT2D eigenvalue weighted by Crippen LogP contribution is -2.56. The molecule has 0 aromatic rings. The van der Waals surface area contributed by atoms with Crippen LogP contribution in [0.5, 0.6) is 0 Å². The van der Waals surface area contributed by atoms with Crippen LogP contribution in [0, 0.1) is 11.8 Å². The van der Waals surface area contributed by atoms with Crippen LogP contribution < -0.4 is 5.32 Å². The minimum Gasteiger partial charge on any atom is -0.479 e. The molecular weight excluding hydrogens is 291 g/mol. The highest BCUT2D eigenvalue weighted by atomic mass is 19.4. The van der Waals surface area contributed by atoms with E-state index in [1.165, 1.54) is 0 Å². The van der Waals surface area contributed by atoms with Crippen LogP contribution in [0.25, 0.3) is 0 Å². The van der Waals surface area contributed by atoms with Crippen molar-refractivity contribution in [1.29, 1.82) is 0 Å². The van der Waals surface area contributed by atoms with Gasteiger partial charge in [0.1, 0.15) is 0 Å².